The molecule has 1 saturated heterocycles. The number of amides is 1. The van der Waals surface area contributed by atoms with Gasteiger partial charge in [0.05, 0.1) is 0 Å². The highest BCUT2D eigenvalue weighted by Crippen LogP contribution is 2.39. The fraction of sp³-hybridized carbons (Fsp3) is 0.409. The minimum atomic E-state index is -0.0697. The predicted molar refractivity (Wildman–Crippen MR) is 118 cm³/mol. The summed E-state index contributed by atoms with van der Waals surface area (Å²) in [5.74, 6) is 0.205. The summed E-state index contributed by atoms with van der Waals surface area (Å²) in [6, 6.07) is 14.7. The maximum atomic E-state index is 13.2. The van der Waals surface area contributed by atoms with Crippen molar-refractivity contribution >= 4 is 37.8 Å². The Kier molecular flexibility index (Phi) is 6.77. The van der Waals surface area contributed by atoms with Gasteiger partial charge in [0.25, 0.3) is 0 Å². The molecule has 1 aliphatic heterocycles. The lowest BCUT2D eigenvalue weighted by Gasteiger charge is -2.39. The van der Waals surface area contributed by atoms with Crippen molar-refractivity contribution < 1.29 is 4.79 Å². The van der Waals surface area contributed by atoms with E-state index in [1.165, 1.54) is 11.1 Å². The van der Waals surface area contributed by atoms with Gasteiger partial charge >= 0.3 is 0 Å². The first-order valence-electron chi connectivity index (χ1n) is 9.35. The molecule has 2 aromatic carbocycles. The molecule has 1 N–H and O–H groups in total. The zero-order valence-corrected chi connectivity index (χ0v) is 19.1. The van der Waals surface area contributed by atoms with Crippen LogP contribution in [-0.4, -0.2) is 30.9 Å². The number of nitrogens with zero attached hydrogens (tertiary/aromatic N) is 1. The second kappa shape index (κ2) is 8.89. The van der Waals surface area contributed by atoms with Gasteiger partial charge in [-0.15, -0.1) is 0 Å². The summed E-state index contributed by atoms with van der Waals surface area (Å²) >= 11 is 7.05. The fourth-order valence-corrected chi connectivity index (χ4v) is 5.49. The quantitative estimate of drug-likeness (QED) is 0.621. The Balaban J connectivity index is 1.79. The number of piperidine rings is 1. The number of carbonyl (C=O) groups is 1. The van der Waals surface area contributed by atoms with Gasteiger partial charge in [0.2, 0.25) is 5.91 Å². The van der Waals surface area contributed by atoms with Crippen molar-refractivity contribution in [1.29, 1.82) is 0 Å². The number of hydrogen-bond acceptors (Lipinski definition) is 2. The van der Waals surface area contributed by atoms with Gasteiger partial charge < -0.3 is 10.2 Å². The number of aryl methyl sites for hydroxylation is 1. The molecule has 0 spiro atoms. The van der Waals surface area contributed by atoms with Gasteiger partial charge in [-0.1, -0.05) is 56.1 Å². The molecule has 2 aromatic rings. The Morgan fingerprint density at radius 2 is 1.74 bits per heavy atom. The zero-order valence-electron chi connectivity index (χ0n) is 15.9. The molecule has 5 heteroatoms. The first kappa shape index (κ1) is 20.6. The molecule has 27 heavy (non-hydrogen) atoms. The molecule has 1 fully saturated rings. The molecule has 0 saturated carbocycles. The lowest BCUT2D eigenvalue weighted by atomic mass is 9.69. The molecule has 3 nitrogen and oxygen atoms in total. The molecule has 0 radical (unpaired) electrons. The topological polar surface area (TPSA) is 32.3 Å². The molecule has 1 heterocycles. The second-order valence-electron chi connectivity index (χ2n) is 7.55. The van der Waals surface area contributed by atoms with E-state index in [1.807, 2.05) is 18.0 Å². The first-order valence-corrected chi connectivity index (χ1v) is 10.9. The van der Waals surface area contributed by atoms with E-state index in [1.54, 1.807) is 0 Å². The van der Waals surface area contributed by atoms with E-state index < -0.39 is 0 Å². The minimum absolute atomic E-state index is 0.0697. The maximum absolute atomic E-state index is 13.2. The standard InChI is InChI=1S/C22H26Br2N2O/c1-16-5-3-4-6-20(16)22(7-9-25-10-8-22)14-21(27)26(2)15-17-11-18(23)13-19(24)12-17/h3-6,11-13,25H,7-10,14-15H2,1-2H3. The number of carbonyl (C=O) groups excluding carboxylic acids is 1. The molecule has 0 unspecified atom stereocenters. The molecule has 0 atom stereocenters. The Morgan fingerprint density at radius 3 is 2.37 bits per heavy atom. The average molecular weight is 494 g/mol. The number of halogens is 2. The van der Waals surface area contributed by atoms with E-state index in [-0.39, 0.29) is 11.3 Å². The third kappa shape index (κ3) is 5.01. The van der Waals surface area contributed by atoms with Crippen LogP contribution in [0.5, 0.6) is 0 Å². The Hall–Kier alpha value is -1.17. The van der Waals surface area contributed by atoms with Crippen molar-refractivity contribution in [2.24, 2.45) is 0 Å². The van der Waals surface area contributed by atoms with E-state index in [9.17, 15) is 4.79 Å². The van der Waals surface area contributed by atoms with Gasteiger partial charge in [0.15, 0.2) is 0 Å². The summed E-state index contributed by atoms with van der Waals surface area (Å²) in [5.41, 5.74) is 3.66. The van der Waals surface area contributed by atoms with Crippen molar-refractivity contribution in [3.8, 4) is 0 Å². The highest BCUT2D eigenvalue weighted by molar-refractivity contribution is 9.11. The van der Waals surface area contributed by atoms with Crippen LogP contribution in [0.2, 0.25) is 0 Å². The molecule has 0 aliphatic carbocycles. The predicted octanol–water partition coefficient (Wildman–Crippen LogP) is 5.19. The molecular weight excluding hydrogens is 468 g/mol. The van der Waals surface area contributed by atoms with Crippen LogP contribution in [0.4, 0.5) is 0 Å². The van der Waals surface area contributed by atoms with Crippen LogP contribution in [0.25, 0.3) is 0 Å². The van der Waals surface area contributed by atoms with E-state index in [0.717, 1.165) is 40.4 Å². The molecule has 1 amide bonds. The van der Waals surface area contributed by atoms with Crippen LogP contribution in [-0.2, 0) is 16.8 Å². The molecule has 1 aliphatic rings. The van der Waals surface area contributed by atoms with Crippen molar-refractivity contribution in [3.05, 3.63) is 68.1 Å². The minimum Gasteiger partial charge on any atom is -0.341 e. The summed E-state index contributed by atoms with van der Waals surface area (Å²) in [6.45, 7) is 4.69. The summed E-state index contributed by atoms with van der Waals surface area (Å²) in [6.07, 6.45) is 2.56. The molecule has 0 bridgehead atoms. The summed E-state index contributed by atoms with van der Waals surface area (Å²) < 4.78 is 2.03. The monoisotopic (exact) mass is 492 g/mol. The van der Waals surface area contributed by atoms with Crippen molar-refractivity contribution in [3.63, 3.8) is 0 Å². The normalized spacial score (nSPS) is 16.1. The fourth-order valence-electron chi connectivity index (χ4n) is 4.10. The third-order valence-corrected chi connectivity index (χ3v) is 6.45. The number of nitrogens with one attached hydrogen (secondary N) is 1. The zero-order chi connectivity index (χ0) is 19.4. The van der Waals surface area contributed by atoms with E-state index in [2.05, 4.69) is 80.5 Å². The first-order chi connectivity index (χ1) is 12.9. The number of benzene rings is 2. The third-order valence-electron chi connectivity index (χ3n) is 5.53. The molecule has 0 aromatic heterocycles. The van der Waals surface area contributed by atoms with Crippen molar-refractivity contribution in [2.45, 2.75) is 38.1 Å². The largest absolute Gasteiger partial charge is 0.341 e. The lowest BCUT2D eigenvalue weighted by molar-refractivity contribution is -0.132. The van der Waals surface area contributed by atoms with Crippen LogP contribution in [0.15, 0.2) is 51.4 Å². The van der Waals surface area contributed by atoms with Crippen LogP contribution in [0.1, 0.15) is 36.0 Å². The van der Waals surface area contributed by atoms with E-state index in [0.29, 0.717) is 13.0 Å². The van der Waals surface area contributed by atoms with Crippen LogP contribution >= 0.6 is 31.9 Å². The molecule has 3 rings (SSSR count). The summed E-state index contributed by atoms with van der Waals surface area (Å²) in [7, 11) is 1.91. The summed E-state index contributed by atoms with van der Waals surface area (Å²) in [4.78, 5) is 15.0. The Labute approximate surface area is 178 Å². The second-order valence-corrected chi connectivity index (χ2v) is 9.38. The van der Waals surface area contributed by atoms with Gasteiger partial charge in [-0.25, -0.2) is 0 Å². The SMILES string of the molecule is Cc1ccccc1C1(CC(=O)N(C)Cc2cc(Br)cc(Br)c2)CCNCC1. The van der Waals surface area contributed by atoms with Gasteiger partial charge in [-0.2, -0.15) is 0 Å². The average Bonchev–Trinajstić information content (AvgIpc) is 2.62. The van der Waals surface area contributed by atoms with E-state index >= 15 is 0 Å². The smallest absolute Gasteiger partial charge is 0.223 e. The van der Waals surface area contributed by atoms with Gasteiger partial charge in [0, 0.05) is 34.4 Å². The van der Waals surface area contributed by atoms with Crippen molar-refractivity contribution in [1.82, 2.24) is 10.2 Å². The highest BCUT2D eigenvalue weighted by atomic mass is 79.9. The van der Waals surface area contributed by atoms with Crippen molar-refractivity contribution in [2.75, 3.05) is 20.1 Å². The number of hydrogen-bond donors (Lipinski definition) is 1. The molecular formula is C22H26Br2N2O. The molecule has 144 valence electrons. The highest BCUT2D eigenvalue weighted by Gasteiger charge is 2.37. The van der Waals surface area contributed by atoms with Gasteiger partial charge in [-0.05, 0) is 67.7 Å². The maximum Gasteiger partial charge on any atom is 0.223 e. The van der Waals surface area contributed by atoms with Crippen LogP contribution in [0, 0.1) is 6.92 Å². The lowest BCUT2D eigenvalue weighted by Crippen LogP contribution is -2.44. The number of rotatable bonds is 5. The Morgan fingerprint density at radius 1 is 1.11 bits per heavy atom. The summed E-state index contributed by atoms with van der Waals surface area (Å²) in [5, 5.41) is 3.45. The van der Waals surface area contributed by atoms with E-state index in [4.69, 9.17) is 0 Å². The van der Waals surface area contributed by atoms with Crippen LogP contribution < -0.4 is 5.32 Å². The van der Waals surface area contributed by atoms with Crippen LogP contribution in [0.3, 0.4) is 0 Å². The Bertz CT molecular complexity index is 795. The van der Waals surface area contributed by atoms with Gasteiger partial charge in [-0.3, -0.25) is 4.79 Å². The van der Waals surface area contributed by atoms with Gasteiger partial charge in [0.1, 0.15) is 0 Å².